The minimum Gasteiger partial charge on any atom is -0.496 e. The van der Waals surface area contributed by atoms with Crippen LogP contribution in [0.15, 0.2) is 18.2 Å². The first-order valence-electron chi connectivity index (χ1n) is 3.93. The summed E-state index contributed by atoms with van der Waals surface area (Å²) >= 11 is 1.74. The molecule has 0 saturated carbocycles. The predicted octanol–water partition coefficient (Wildman–Crippen LogP) is 2.37. The van der Waals surface area contributed by atoms with Gasteiger partial charge in [-0.2, -0.15) is 11.8 Å². The lowest BCUT2D eigenvalue weighted by Gasteiger charge is -2.05. The highest BCUT2D eigenvalue weighted by atomic mass is 32.2. The van der Waals surface area contributed by atoms with Gasteiger partial charge in [0.05, 0.1) is 12.7 Å². The van der Waals surface area contributed by atoms with Crippen molar-refractivity contribution in [2.45, 2.75) is 5.75 Å². The van der Waals surface area contributed by atoms with Gasteiger partial charge in [0.1, 0.15) is 5.75 Å². The van der Waals surface area contributed by atoms with Gasteiger partial charge in [0.15, 0.2) is 6.29 Å². The van der Waals surface area contributed by atoms with Gasteiger partial charge in [0.2, 0.25) is 0 Å². The van der Waals surface area contributed by atoms with Gasteiger partial charge in [0, 0.05) is 5.75 Å². The Bertz CT molecular complexity index is 297. The van der Waals surface area contributed by atoms with Crippen LogP contribution in [0.3, 0.4) is 0 Å². The van der Waals surface area contributed by atoms with Crippen LogP contribution in [0.25, 0.3) is 0 Å². The Morgan fingerprint density at radius 2 is 2.31 bits per heavy atom. The monoisotopic (exact) mass is 196 g/mol. The Labute approximate surface area is 82.3 Å². The molecule has 0 aromatic heterocycles. The zero-order valence-corrected chi connectivity index (χ0v) is 8.56. The molecule has 0 heterocycles. The van der Waals surface area contributed by atoms with Gasteiger partial charge in [0.25, 0.3) is 0 Å². The van der Waals surface area contributed by atoms with Crippen molar-refractivity contribution in [3.8, 4) is 5.75 Å². The molecule has 13 heavy (non-hydrogen) atoms. The molecule has 1 rings (SSSR count). The molecule has 0 saturated heterocycles. The molecule has 0 amide bonds. The van der Waals surface area contributed by atoms with Crippen molar-refractivity contribution in [3.05, 3.63) is 29.3 Å². The molecule has 2 nitrogen and oxygen atoms in total. The van der Waals surface area contributed by atoms with Crippen molar-refractivity contribution < 1.29 is 9.53 Å². The summed E-state index contributed by atoms with van der Waals surface area (Å²) < 4.78 is 5.08. The molecule has 0 aliphatic heterocycles. The van der Waals surface area contributed by atoms with E-state index in [1.54, 1.807) is 24.9 Å². The van der Waals surface area contributed by atoms with Crippen molar-refractivity contribution in [1.29, 1.82) is 0 Å². The van der Waals surface area contributed by atoms with Crippen molar-refractivity contribution in [1.82, 2.24) is 0 Å². The van der Waals surface area contributed by atoms with Crippen molar-refractivity contribution in [2.75, 3.05) is 13.4 Å². The van der Waals surface area contributed by atoms with Crippen LogP contribution < -0.4 is 4.74 Å². The third-order valence-corrected chi connectivity index (χ3v) is 2.36. The first-order valence-corrected chi connectivity index (χ1v) is 5.32. The summed E-state index contributed by atoms with van der Waals surface area (Å²) in [4.78, 5) is 10.6. The number of carbonyl (C=O) groups is 1. The summed E-state index contributed by atoms with van der Waals surface area (Å²) in [6, 6.07) is 5.64. The number of hydrogen-bond acceptors (Lipinski definition) is 3. The lowest BCUT2D eigenvalue weighted by Crippen LogP contribution is -1.91. The highest BCUT2D eigenvalue weighted by Gasteiger charge is 2.02. The molecular weight excluding hydrogens is 184 g/mol. The van der Waals surface area contributed by atoms with Crippen LogP contribution in [0.5, 0.6) is 5.75 Å². The van der Waals surface area contributed by atoms with Crippen LogP contribution in [0.2, 0.25) is 0 Å². The molecule has 0 aliphatic carbocycles. The Morgan fingerprint density at radius 1 is 1.54 bits per heavy atom. The first kappa shape index (κ1) is 10.1. The van der Waals surface area contributed by atoms with Crippen LogP contribution in [-0.4, -0.2) is 19.7 Å². The average Bonchev–Trinajstić information content (AvgIpc) is 2.18. The predicted molar refractivity (Wildman–Crippen MR) is 55.6 cm³/mol. The molecule has 0 unspecified atom stereocenters. The molecule has 1 aromatic carbocycles. The van der Waals surface area contributed by atoms with E-state index in [0.29, 0.717) is 11.3 Å². The molecule has 0 atom stereocenters. The van der Waals surface area contributed by atoms with E-state index in [1.807, 2.05) is 18.4 Å². The zero-order chi connectivity index (χ0) is 9.68. The molecule has 0 radical (unpaired) electrons. The second kappa shape index (κ2) is 4.92. The van der Waals surface area contributed by atoms with E-state index in [1.165, 1.54) is 5.56 Å². The highest BCUT2D eigenvalue weighted by molar-refractivity contribution is 7.97. The van der Waals surface area contributed by atoms with Gasteiger partial charge in [-0.25, -0.2) is 0 Å². The summed E-state index contributed by atoms with van der Waals surface area (Å²) in [6.07, 6.45) is 2.85. The van der Waals surface area contributed by atoms with Crippen molar-refractivity contribution in [3.63, 3.8) is 0 Å². The quantitative estimate of drug-likeness (QED) is 0.691. The summed E-state index contributed by atoms with van der Waals surface area (Å²) in [5.74, 6) is 1.59. The largest absolute Gasteiger partial charge is 0.496 e. The molecule has 0 fully saturated rings. The van der Waals surface area contributed by atoms with E-state index in [2.05, 4.69) is 0 Å². The third-order valence-electron chi connectivity index (χ3n) is 1.74. The van der Waals surface area contributed by atoms with Crippen LogP contribution in [0.1, 0.15) is 15.9 Å². The number of benzene rings is 1. The summed E-state index contributed by atoms with van der Waals surface area (Å²) in [7, 11) is 1.57. The van der Waals surface area contributed by atoms with Crippen LogP contribution in [0, 0.1) is 0 Å². The first-order chi connectivity index (χ1) is 6.31. The summed E-state index contributed by atoms with van der Waals surface area (Å²) in [5, 5.41) is 0. The molecule has 0 spiro atoms. The molecular formula is C10H12O2S. The SMILES string of the molecule is COc1cc(CSC)ccc1C=O. The van der Waals surface area contributed by atoms with Gasteiger partial charge < -0.3 is 4.74 Å². The van der Waals surface area contributed by atoms with E-state index in [0.717, 1.165) is 12.0 Å². The fourth-order valence-electron chi connectivity index (χ4n) is 1.11. The van der Waals surface area contributed by atoms with E-state index in [4.69, 9.17) is 4.74 Å². The normalized spacial score (nSPS) is 9.69. The second-order valence-electron chi connectivity index (χ2n) is 2.63. The summed E-state index contributed by atoms with van der Waals surface area (Å²) in [6.45, 7) is 0. The van der Waals surface area contributed by atoms with Crippen LogP contribution >= 0.6 is 11.8 Å². The maximum Gasteiger partial charge on any atom is 0.153 e. The number of hydrogen-bond donors (Lipinski definition) is 0. The Balaban J connectivity index is 2.98. The van der Waals surface area contributed by atoms with Gasteiger partial charge in [-0.05, 0) is 24.0 Å². The van der Waals surface area contributed by atoms with E-state index >= 15 is 0 Å². The standard InChI is InChI=1S/C10H12O2S/c1-12-10-5-8(7-13-2)3-4-9(10)6-11/h3-6H,7H2,1-2H3. The lowest BCUT2D eigenvalue weighted by molar-refractivity contribution is 0.112. The average molecular weight is 196 g/mol. The maximum atomic E-state index is 10.6. The van der Waals surface area contributed by atoms with Gasteiger partial charge in [-0.15, -0.1) is 0 Å². The Hall–Kier alpha value is -0.960. The molecule has 0 aliphatic rings. The fourth-order valence-corrected chi connectivity index (χ4v) is 1.62. The van der Waals surface area contributed by atoms with E-state index in [-0.39, 0.29) is 0 Å². The molecule has 70 valence electrons. The number of carbonyl (C=O) groups excluding carboxylic acids is 1. The lowest BCUT2D eigenvalue weighted by atomic mass is 10.1. The van der Waals surface area contributed by atoms with Crippen LogP contribution in [0.4, 0.5) is 0 Å². The smallest absolute Gasteiger partial charge is 0.153 e. The van der Waals surface area contributed by atoms with Crippen molar-refractivity contribution in [2.24, 2.45) is 0 Å². The second-order valence-corrected chi connectivity index (χ2v) is 3.49. The fraction of sp³-hybridized carbons (Fsp3) is 0.300. The Morgan fingerprint density at radius 3 is 2.85 bits per heavy atom. The topological polar surface area (TPSA) is 26.3 Å². The van der Waals surface area contributed by atoms with Gasteiger partial charge in [-0.3, -0.25) is 4.79 Å². The summed E-state index contributed by atoms with van der Waals surface area (Å²) in [5.41, 5.74) is 1.78. The van der Waals surface area contributed by atoms with Gasteiger partial charge >= 0.3 is 0 Å². The number of aldehydes is 1. The van der Waals surface area contributed by atoms with Crippen LogP contribution in [-0.2, 0) is 5.75 Å². The highest BCUT2D eigenvalue weighted by Crippen LogP contribution is 2.20. The Kier molecular flexibility index (Phi) is 3.83. The molecule has 0 N–H and O–H groups in total. The zero-order valence-electron chi connectivity index (χ0n) is 7.74. The number of thioether (sulfide) groups is 1. The molecule has 3 heteroatoms. The van der Waals surface area contributed by atoms with E-state index < -0.39 is 0 Å². The van der Waals surface area contributed by atoms with Gasteiger partial charge in [-0.1, -0.05) is 6.07 Å². The molecule has 0 bridgehead atoms. The van der Waals surface area contributed by atoms with Crippen molar-refractivity contribution >= 4 is 18.0 Å². The molecule has 1 aromatic rings. The third kappa shape index (κ3) is 2.49. The minimum atomic E-state index is 0.604. The minimum absolute atomic E-state index is 0.604. The number of ether oxygens (including phenoxy) is 1. The number of methoxy groups -OCH3 is 1. The maximum absolute atomic E-state index is 10.6. The van der Waals surface area contributed by atoms with E-state index in [9.17, 15) is 4.79 Å². The number of rotatable bonds is 4.